The maximum absolute atomic E-state index is 6.42. The molecule has 0 atom stereocenters. The second-order valence-corrected chi connectivity index (χ2v) is 12.1. The van der Waals surface area contributed by atoms with Gasteiger partial charge in [0.2, 0.25) is 0 Å². The Bertz CT molecular complexity index is 2280. The Kier molecular flexibility index (Phi) is 5.39. The predicted octanol–water partition coefficient (Wildman–Crippen LogP) is 10.7. The van der Waals surface area contributed by atoms with Crippen molar-refractivity contribution in [1.82, 2.24) is 9.55 Å². The van der Waals surface area contributed by atoms with E-state index in [1.54, 1.807) is 0 Å². The minimum atomic E-state index is -0.0888. The molecule has 8 rings (SSSR count). The first kappa shape index (κ1) is 24.6. The number of hydrogen-bond donors (Lipinski definition) is 0. The van der Waals surface area contributed by atoms with Gasteiger partial charge in [-0.3, -0.25) is 4.57 Å². The van der Waals surface area contributed by atoms with Crippen molar-refractivity contribution in [1.29, 1.82) is 0 Å². The van der Waals surface area contributed by atoms with Crippen LogP contribution >= 0.6 is 0 Å². The molecule has 202 valence electrons. The second kappa shape index (κ2) is 9.19. The van der Waals surface area contributed by atoms with E-state index in [1.165, 1.54) is 22.1 Å². The van der Waals surface area contributed by atoms with Crippen LogP contribution < -0.4 is 0 Å². The smallest absolute Gasteiger partial charge is 0.145 e. The number of furan rings is 1. The number of aromatic nitrogens is 2. The number of imidazole rings is 1. The van der Waals surface area contributed by atoms with E-state index in [0.29, 0.717) is 0 Å². The van der Waals surface area contributed by atoms with E-state index >= 15 is 0 Å². The summed E-state index contributed by atoms with van der Waals surface area (Å²) in [6.07, 6.45) is 0. The van der Waals surface area contributed by atoms with Crippen LogP contribution in [0.25, 0.3) is 71.9 Å². The van der Waals surface area contributed by atoms with Crippen LogP contribution in [-0.4, -0.2) is 9.55 Å². The van der Waals surface area contributed by atoms with Gasteiger partial charge in [0.1, 0.15) is 17.0 Å². The molecule has 2 heterocycles. The van der Waals surface area contributed by atoms with Crippen molar-refractivity contribution < 1.29 is 4.42 Å². The molecule has 6 aromatic carbocycles. The van der Waals surface area contributed by atoms with Crippen molar-refractivity contribution in [3.8, 4) is 28.2 Å². The van der Waals surface area contributed by atoms with Gasteiger partial charge >= 0.3 is 0 Å². The molecule has 0 aliphatic rings. The predicted molar refractivity (Wildman–Crippen MR) is 175 cm³/mol. The van der Waals surface area contributed by atoms with E-state index in [4.69, 9.17) is 9.40 Å². The van der Waals surface area contributed by atoms with E-state index in [1.807, 2.05) is 0 Å². The number of benzene rings is 6. The highest BCUT2D eigenvalue weighted by Gasteiger charge is 2.24. The van der Waals surface area contributed by atoms with Crippen LogP contribution in [0.15, 0.2) is 132 Å². The quantitative estimate of drug-likeness (QED) is 0.222. The summed E-state index contributed by atoms with van der Waals surface area (Å²) in [6.45, 7) is 6.86. The Morgan fingerprint density at radius 2 is 1.36 bits per heavy atom. The van der Waals surface area contributed by atoms with Crippen LogP contribution in [0.1, 0.15) is 26.3 Å². The van der Waals surface area contributed by atoms with Gasteiger partial charge in [-0.05, 0) is 76.0 Å². The fraction of sp³-hybridized carbons (Fsp3) is 0.103. The molecule has 0 saturated heterocycles. The summed E-state index contributed by atoms with van der Waals surface area (Å²) >= 11 is 0. The fourth-order valence-electron chi connectivity index (χ4n) is 6.25. The normalized spacial score (nSPS) is 12.2. The van der Waals surface area contributed by atoms with Gasteiger partial charge < -0.3 is 4.42 Å². The molecule has 0 radical (unpaired) electrons. The zero-order valence-corrected chi connectivity index (χ0v) is 23.9. The van der Waals surface area contributed by atoms with Crippen LogP contribution in [0.3, 0.4) is 0 Å². The van der Waals surface area contributed by atoms with Gasteiger partial charge in [-0.1, -0.05) is 99.6 Å². The van der Waals surface area contributed by atoms with Gasteiger partial charge in [-0.15, -0.1) is 0 Å². The van der Waals surface area contributed by atoms with E-state index in [-0.39, 0.29) is 5.41 Å². The first-order valence-electron chi connectivity index (χ1n) is 14.5. The number of para-hydroxylation sites is 2. The Labute approximate surface area is 244 Å². The molecule has 0 amide bonds. The highest BCUT2D eigenvalue weighted by molar-refractivity contribution is 6.15. The first-order chi connectivity index (χ1) is 20.5. The molecule has 2 aromatic heterocycles. The van der Waals surface area contributed by atoms with Crippen molar-refractivity contribution in [3.05, 3.63) is 133 Å². The van der Waals surface area contributed by atoms with Crippen LogP contribution in [0, 0.1) is 0 Å². The maximum atomic E-state index is 6.42. The third-order valence-corrected chi connectivity index (χ3v) is 8.33. The fourth-order valence-corrected chi connectivity index (χ4v) is 6.25. The third-order valence-electron chi connectivity index (χ3n) is 8.33. The number of rotatable bonds is 3. The molecule has 0 aliphatic carbocycles. The highest BCUT2D eigenvalue weighted by Crippen LogP contribution is 2.40. The van der Waals surface area contributed by atoms with Gasteiger partial charge in [0, 0.05) is 21.7 Å². The van der Waals surface area contributed by atoms with E-state index in [2.05, 4.69) is 153 Å². The minimum absolute atomic E-state index is 0.0888. The van der Waals surface area contributed by atoms with Gasteiger partial charge in [-0.2, -0.15) is 0 Å². The maximum Gasteiger partial charge on any atom is 0.145 e. The van der Waals surface area contributed by atoms with Crippen molar-refractivity contribution >= 4 is 43.7 Å². The molecular formula is C39H30N2O. The van der Waals surface area contributed by atoms with Crippen molar-refractivity contribution in [2.75, 3.05) is 0 Å². The Hall–Kier alpha value is -5.15. The van der Waals surface area contributed by atoms with Gasteiger partial charge in [0.05, 0.1) is 16.7 Å². The molecule has 3 heteroatoms. The van der Waals surface area contributed by atoms with Gasteiger partial charge in [0.15, 0.2) is 0 Å². The Morgan fingerprint density at radius 1 is 0.595 bits per heavy atom. The van der Waals surface area contributed by atoms with E-state index in [0.717, 1.165) is 55.4 Å². The molecule has 0 aliphatic heterocycles. The molecule has 0 bridgehead atoms. The van der Waals surface area contributed by atoms with E-state index < -0.39 is 0 Å². The zero-order chi connectivity index (χ0) is 28.4. The molecule has 0 spiro atoms. The van der Waals surface area contributed by atoms with Crippen LogP contribution in [0.4, 0.5) is 0 Å². The number of hydrogen-bond acceptors (Lipinski definition) is 2. The van der Waals surface area contributed by atoms with Crippen LogP contribution in [0.5, 0.6) is 0 Å². The highest BCUT2D eigenvalue weighted by atomic mass is 16.3. The zero-order valence-electron chi connectivity index (χ0n) is 23.9. The summed E-state index contributed by atoms with van der Waals surface area (Å²) in [5.41, 5.74) is 9.70. The number of fused-ring (bicyclic) bond motifs is 6. The van der Waals surface area contributed by atoms with Crippen molar-refractivity contribution in [3.63, 3.8) is 0 Å². The molecule has 0 N–H and O–H groups in total. The average molecular weight is 543 g/mol. The largest absolute Gasteiger partial charge is 0.455 e. The topological polar surface area (TPSA) is 31.0 Å². The molecule has 0 fully saturated rings. The van der Waals surface area contributed by atoms with Crippen molar-refractivity contribution in [2.45, 2.75) is 26.2 Å². The molecule has 3 nitrogen and oxygen atoms in total. The Morgan fingerprint density at radius 3 is 2.21 bits per heavy atom. The standard InChI is InChI=1S/C39H30N2O/c1-39(2,3)32-24-27(25-11-5-4-6-12-25)18-21-34(32)41-35-16-10-9-15-33(35)40-38(41)28-19-22-36-31(23-28)30-20-17-26-13-7-8-14-29(26)37(30)42-36/h4-24H,1-3H3. The lowest BCUT2D eigenvalue weighted by molar-refractivity contribution is 0.587. The van der Waals surface area contributed by atoms with Crippen molar-refractivity contribution in [2.24, 2.45) is 0 Å². The van der Waals surface area contributed by atoms with E-state index in [9.17, 15) is 0 Å². The molecular weight excluding hydrogens is 512 g/mol. The molecule has 0 unspecified atom stereocenters. The van der Waals surface area contributed by atoms with Crippen LogP contribution in [0.2, 0.25) is 0 Å². The van der Waals surface area contributed by atoms with Gasteiger partial charge in [-0.25, -0.2) is 4.98 Å². The summed E-state index contributed by atoms with van der Waals surface area (Å²) < 4.78 is 8.76. The molecule has 8 aromatic rings. The number of nitrogens with zero attached hydrogens (tertiary/aromatic N) is 2. The molecule has 0 saturated carbocycles. The first-order valence-corrected chi connectivity index (χ1v) is 14.5. The summed E-state index contributed by atoms with van der Waals surface area (Å²) in [6, 6.07) is 45.1. The minimum Gasteiger partial charge on any atom is -0.455 e. The summed E-state index contributed by atoms with van der Waals surface area (Å²) in [7, 11) is 0. The SMILES string of the molecule is CC(C)(C)c1cc(-c2ccccc2)ccc1-n1c(-c2ccc3oc4c5ccccc5ccc4c3c2)nc2ccccc21. The molecule has 42 heavy (non-hydrogen) atoms. The average Bonchev–Trinajstić information content (AvgIpc) is 3.59. The monoisotopic (exact) mass is 542 g/mol. The second-order valence-electron chi connectivity index (χ2n) is 12.1. The summed E-state index contributed by atoms with van der Waals surface area (Å²) in [5, 5.41) is 4.53. The lowest BCUT2D eigenvalue weighted by Gasteiger charge is -2.25. The van der Waals surface area contributed by atoms with Gasteiger partial charge in [0.25, 0.3) is 0 Å². The van der Waals surface area contributed by atoms with Crippen LogP contribution in [-0.2, 0) is 5.41 Å². The third kappa shape index (κ3) is 3.85. The summed E-state index contributed by atoms with van der Waals surface area (Å²) in [5.74, 6) is 0.922. The summed E-state index contributed by atoms with van der Waals surface area (Å²) in [4.78, 5) is 5.22. The lowest BCUT2D eigenvalue weighted by Crippen LogP contribution is -2.16. The lowest BCUT2D eigenvalue weighted by atomic mass is 9.84. The Balaban J connectivity index is 1.38.